The van der Waals surface area contributed by atoms with E-state index >= 15 is 0 Å². The Labute approximate surface area is 283 Å². The Balaban J connectivity index is 1.44. The summed E-state index contributed by atoms with van der Waals surface area (Å²) in [5.41, 5.74) is 15.0. The number of nitrogens with one attached hydrogen (secondary N) is 3. The molecular weight excluding hydrogens is 630 g/mol. The number of carboxylic acids is 1. The Kier molecular flexibility index (Phi) is 10.9. The standard InChI is InChI=1S/C34H41N9O6/c1-20(44)40-27(15-25-16-37-19-39-25)32(47)42-17-23-9-4-2-7-21(23)13-28(42)30(45)41-26(11-6-12-38-34(35)36)31(46)43-18-24-10-5-3-8-22(24)14-29(43)33(48)49/h2-5,7-10,16,19,26-29H,6,11-15,17-18H2,1H3,(H,37,39)(H,40,44)(H,41,45)(H,48,49)(H4,35,36,38)/t26-,27-,28+,29-/m0/s1. The van der Waals surface area contributed by atoms with Crippen LogP contribution in [0, 0.1) is 0 Å². The van der Waals surface area contributed by atoms with Gasteiger partial charge < -0.3 is 42.0 Å². The highest BCUT2D eigenvalue weighted by Crippen LogP contribution is 2.27. The lowest BCUT2D eigenvalue weighted by atomic mass is 9.91. The van der Waals surface area contributed by atoms with Gasteiger partial charge in [0.05, 0.1) is 6.33 Å². The number of aromatic amines is 1. The number of aliphatic imine (C=N–C) groups is 1. The number of hydrogen-bond acceptors (Lipinski definition) is 7. The number of aliphatic carboxylic acids is 1. The lowest BCUT2D eigenvalue weighted by molar-refractivity contribution is -0.153. The summed E-state index contributed by atoms with van der Waals surface area (Å²) in [4.78, 5) is 80.9. The van der Waals surface area contributed by atoms with E-state index in [2.05, 4.69) is 25.6 Å². The van der Waals surface area contributed by atoms with Crippen molar-refractivity contribution in [2.24, 2.45) is 16.5 Å². The van der Waals surface area contributed by atoms with Gasteiger partial charge in [-0.1, -0.05) is 48.5 Å². The number of carboxylic acid groups (broad SMARTS) is 1. The fourth-order valence-electron chi connectivity index (χ4n) is 6.45. The van der Waals surface area contributed by atoms with Gasteiger partial charge in [0, 0.05) is 57.7 Å². The van der Waals surface area contributed by atoms with Crippen molar-refractivity contribution in [2.45, 2.75) is 76.3 Å². The fourth-order valence-corrected chi connectivity index (χ4v) is 6.45. The molecule has 4 atom stereocenters. The lowest BCUT2D eigenvalue weighted by Gasteiger charge is -2.39. The number of carbonyl (C=O) groups is 5. The maximum Gasteiger partial charge on any atom is 0.326 e. The van der Waals surface area contributed by atoms with Crippen LogP contribution in [0.15, 0.2) is 66.0 Å². The van der Waals surface area contributed by atoms with Crippen molar-refractivity contribution in [3.8, 4) is 0 Å². The Morgan fingerprint density at radius 2 is 1.47 bits per heavy atom. The molecule has 15 heteroatoms. The van der Waals surface area contributed by atoms with E-state index in [1.54, 1.807) is 6.20 Å². The van der Waals surface area contributed by atoms with Gasteiger partial charge in [-0.25, -0.2) is 9.78 Å². The number of guanidine groups is 1. The monoisotopic (exact) mass is 671 g/mol. The van der Waals surface area contributed by atoms with E-state index in [0.717, 1.165) is 22.3 Å². The minimum Gasteiger partial charge on any atom is -0.480 e. The normalized spacial score (nSPS) is 17.9. The summed E-state index contributed by atoms with van der Waals surface area (Å²) >= 11 is 0. The molecule has 0 saturated carbocycles. The van der Waals surface area contributed by atoms with E-state index in [-0.39, 0.29) is 51.3 Å². The van der Waals surface area contributed by atoms with Gasteiger partial charge in [0.2, 0.25) is 23.6 Å². The van der Waals surface area contributed by atoms with Crippen LogP contribution in [0.2, 0.25) is 0 Å². The summed E-state index contributed by atoms with van der Waals surface area (Å²) in [7, 11) is 0. The first-order chi connectivity index (χ1) is 23.5. The van der Waals surface area contributed by atoms with E-state index in [1.807, 2.05) is 48.5 Å². The average Bonchev–Trinajstić information content (AvgIpc) is 3.60. The number of aromatic nitrogens is 2. The van der Waals surface area contributed by atoms with Crippen molar-refractivity contribution in [1.82, 2.24) is 30.4 Å². The van der Waals surface area contributed by atoms with Crippen molar-refractivity contribution < 1.29 is 29.1 Å². The smallest absolute Gasteiger partial charge is 0.326 e. The number of imidazole rings is 1. The van der Waals surface area contributed by atoms with Crippen LogP contribution < -0.4 is 22.1 Å². The molecule has 0 aliphatic carbocycles. The molecule has 0 unspecified atom stereocenters. The summed E-state index contributed by atoms with van der Waals surface area (Å²) in [5.74, 6) is -3.33. The number of nitrogens with two attached hydrogens (primary N) is 2. The molecule has 0 fully saturated rings. The van der Waals surface area contributed by atoms with Crippen LogP contribution in [0.25, 0.3) is 0 Å². The minimum atomic E-state index is -1.16. The molecular formula is C34H41N9O6. The zero-order valence-electron chi connectivity index (χ0n) is 27.2. The fraction of sp³-hybridized carbons (Fsp3) is 0.382. The third-order valence-electron chi connectivity index (χ3n) is 8.87. The number of H-pyrrole nitrogens is 1. The predicted molar refractivity (Wildman–Crippen MR) is 178 cm³/mol. The maximum absolute atomic E-state index is 14.3. The summed E-state index contributed by atoms with van der Waals surface area (Å²) in [6.45, 7) is 1.64. The van der Waals surface area contributed by atoms with Crippen LogP contribution in [0.5, 0.6) is 0 Å². The molecule has 0 bridgehead atoms. The van der Waals surface area contributed by atoms with Crippen LogP contribution in [-0.2, 0) is 56.3 Å². The minimum absolute atomic E-state index is 0.0552. The van der Waals surface area contributed by atoms with E-state index in [9.17, 15) is 29.1 Å². The van der Waals surface area contributed by atoms with Crippen molar-refractivity contribution in [3.63, 3.8) is 0 Å². The van der Waals surface area contributed by atoms with Crippen LogP contribution in [-0.4, -0.2) is 91.1 Å². The molecule has 2 aliphatic rings. The number of carbonyl (C=O) groups excluding carboxylic acids is 4. The zero-order valence-corrected chi connectivity index (χ0v) is 27.2. The molecule has 5 rings (SSSR count). The first-order valence-corrected chi connectivity index (χ1v) is 16.1. The van der Waals surface area contributed by atoms with Gasteiger partial charge in [0.1, 0.15) is 24.2 Å². The van der Waals surface area contributed by atoms with Crippen LogP contribution in [0.4, 0.5) is 0 Å². The molecule has 8 N–H and O–H groups in total. The van der Waals surface area contributed by atoms with Crippen molar-refractivity contribution in [2.75, 3.05) is 6.54 Å². The summed E-state index contributed by atoms with van der Waals surface area (Å²) in [6, 6.07) is 10.5. The molecule has 0 saturated heterocycles. The average molecular weight is 672 g/mol. The Bertz CT molecular complexity index is 1720. The SMILES string of the molecule is CC(=O)N[C@@H](Cc1cnc[nH]1)C(=O)N1Cc2ccccc2C[C@@H]1C(=O)N[C@@H](CCCN=C(N)N)C(=O)N1Cc2ccccc2C[C@H]1C(=O)O. The number of amides is 4. The third-order valence-corrected chi connectivity index (χ3v) is 8.87. The second kappa shape index (κ2) is 15.4. The Morgan fingerprint density at radius 1 is 0.898 bits per heavy atom. The summed E-state index contributed by atoms with van der Waals surface area (Å²) in [5, 5.41) is 15.7. The summed E-state index contributed by atoms with van der Waals surface area (Å²) < 4.78 is 0. The van der Waals surface area contributed by atoms with Crippen molar-refractivity contribution in [3.05, 3.63) is 89.0 Å². The molecule has 3 aromatic rings. The number of benzene rings is 2. The van der Waals surface area contributed by atoms with Gasteiger partial charge in [0.15, 0.2) is 5.96 Å². The first kappa shape index (κ1) is 34.6. The topological polar surface area (TPSA) is 229 Å². The van der Waals surface area contributed by atoms with E-state index in [0.29, 0.717) is 12.1 Å². The quantitative estimate of drug-likeness (QED) is 0.0863. The largest absolute Gasteiger partial charge is 0.480 e. The first-order valence-electron chi connectivity index (χ1n) is 16.1. The van der Waals surface area contributed by atoms with E-state index < -0.39 is 53.8 Å². The Hall–Kier alpha value is -5.73. The van der Waals surface area contributed by atoms with E-state index in [4.69, 9.17) is 11.5 Å². The van der Waals surface area contributed by atoms with Gasteiger partial charge in [-0.3, -0.25) is 24.2 Å². The second-order valence-corrected chi connectivity index (χ2v) is 12.3. The zero-order chi connectivity index (χ0) is 35.1. The van der Waals surface area contributed by atoms with Crippen LogP contribution in [0.3, 0.4) is 0 Å². The molecule has 2 aliphatic heterocycles. The van der Waals surface area contributed by atoms with Crippen molar-refractivity contribution in [1.29, 1.82) is 0 Å². The van der Waals surface area contributed by atoms with E-state index in [1.165, 1.54) is 23.1 Å². The molecule has 2 aromatic carbocycles. The number of rotatable bonds is 12. The highest BCUT2D eigenvalue weighted by atomic mass is 16.4. The molecule has 15 nitrogen and oxygen atoms in total. The van der Waals surface area contributed by atoms with Crippen LogP contribution >= 0.6 is 0 Å². The van der Waals surface area contributed by atoms with Crippen molar-refractivity contribution >= 4 is 35.6 Å². The Morgan fingerprint density at radius 3 is 2.02 bits per heavy atom. The molecule has 0 radical (unpaired) electrons. The third kappa shape index (κ3) is 8.41. The number of hydrogen-bond donors (Lipinski definition) is 6. The number of fused-ring (bicyclic) bond motifs is 2. The van der Waals surface area contributed by atoms with Gasteiger partial charge in [-0.2, -0.15) is 0 Å². The number of nitrogens with zero attached hydrogens (tertiary/aromatic N) is 4. The van der Waals surface area contributed by atoms with Gasteiger partial charge in [-0.15, -0.1) is 0 Å². The van der Waals surface area contributed by atoms with Gasteiger partial charge in [0.25, 0.3) is 0 Å². The molecule has 1 aromatic heterocycles. The highest BCUT2D eigenvalue weighted by molar-refractivity contribution is 5.95. The summed E-state index contributed by atoms with van der Waals surface area (Å²) in [6.07, 6.45) is 3.84. The van der Waals surface area contributed by atoms with Gasteiger partial charge >= 0.3 is 5.97 Å². The van der Waals surface area contributed by atoms with Crippen LogP contribution in [0.1, 0.15) is 47.7 Å². The second-order valence-electron chi connectivity index (χ2n) is 12.3. The molecule has 3 heterocycles. The molecule has 258 valence electrons. The molecule has 4 amide bonds. The molecule has 49 heavy (non-hydrogen) atoms. The predicted octanol–water partition coefficient (Wildman–Crippen LogP) is -0.0131. The van der Waals surface area contributed by atoms with Gasteiger partial charge in [-0.05, 0) is 35.1 Å². The molecule has 0 spiro atoms. The lowest BCUT2D eigenvalue weighted by Crippen LogP contribution is -2.61. The maximum atomic E-state index is 14.3. The highest BCUT2D eigenvalue weighted by Gasteiger charge is 2.41.